The number of sulfonamides is 1. The van der Waals surface area contributed by atoms with E-state index in [0.717, 1.165) is 29.3 Å². The van der Waals surface area contributed by atoms with Crippen LogP contribution in [0.5, 0.6) is 0 Å². The highest BCUT2D eigenvalue weighted by molar-refractivity contribution is 9.10. The largest absolute Gasteiger partial charge is 0.280 e. The van der Waals surface area contributed by atoms with Crippen LogP contribution < -0.4 is 4.72 Å². The number of anilines is 1. The molecule has 0 spiro atoms. The lowest BCUT2D eigenvalue weighted by Crippen LogP contribution is -2.13. The van der Waals surface area contributed by atoms with E-state index in [2.05, 4.69) is 20.7 Å². The van der Waals surface area contributed by atoms with Gasteiger partial charge in [-0.2, -0.15) is 0 Å². The van der Waals surface area contributed by atoms with Crippen molar-refractivity contribution >= 4 is 31.6 Å². The molecule has 20 heavy (non-hydrogen) atoms. The van der Waals surface area contributed by atoms with E-state index >= 15 is 0 Å². The van der Waals surface area contributed by atoms with Gasteiger partial charge in [0, 0.05) is 10.2 Å². The molecule has 0 fully saturated rings. The Balaban J connectivity index is 1.90. The molecule has 104 valence electrons. The van der Waals surface area contributed by atoms with Gasteiger partial charge < -0.3 is 0 Å². The van der Waals surface area contributed by atoms with E-state index in [4.69, 9.17) is 0 Å². The molecule has 0 amide bonds. The standard InChI is InChI=1S/C15H14BrNO2S/c16-13-5-7-14(8-6-13)17-20(18,19)15-9-4-11-2-1-3-12(11)10-15/h4-10,17H,1-3H2. The summed E-state index contributed by atoms with van der Waals surface area (Å²) in [5, 5.41) is 0. The summed E-state index contributed by atoms with van der Waals surface area (Å²) in [5.41, 5.74) is 2.99. The van der Waals surface area contributed by atoms with Gasteiger partial charge in [-0.05, 0) is 66.8 Å². The molecule has 1 N–H and O–H groups in total. The molecule has 0 bridgehead atoms. The molecule has 3 rings (SSSR count). The normalized spacial score (nSPS) is 14.1. The number of rotatable bonds is 3. The molecular weight excluding hydrogens is 338 g/mol. The third kappa shape index (κ3) is 2.74. The lowest BCUT2D eigenvalue weighted by atomic mass is 10.1. The molecule has 0 atom stereocenters. The summed E-state index contributed by atoms with van der Waals surface area (Å²) >= 11 is 3.33. The summed E-state index contributed by atoms with van der Waals surface area (Å²) in [4.78, 5) is 0.334. The lowest BCUT2D eigenvalue weighted by Gasteiger charge is -2.09. The maximum Gasteiger partial charge on any atom is 0.261 e. The first-order valence-electron chi connectivity index (χ1n) is 6.45. The van der Waals surface area contributed by atoms with E-state index in [9.17, 15) is 8.42 Å². The van der Waals surface area contributed by atoms with Gasteiger partial charge in [0.15, 0.2) is 0 Å². The molecule has 0 radical (unpaired) electrons. The third-order valence-electron chi connectivity index (χ3n) is 3.48. The number of aryl methyl sites for hydroxylation is 2. The Kier molecular flexibility index (Phi) is 3.56. The number of fused-ring (bicyclic) bond motifs is 1. The molecule has 0 aliphatic heterocycles. The molecule has 0 unspecified atom stereocenters. The van der Waals surface area contributed by atoms with Gasteiger partial charge in [0.05, 0.1) is 4.90 Å². The van der Waals surface area contributed by atoms with Gasteiger partial charge in [-0.25, -0.2) is 8.42 Å². The van der Waals surface area contributed by atoms with Crippen molar-refractivity contribution in [1.82, 2.24) is 0 Å². The number of nitrogens with one attached hydrogen (secondary N) is 1. The van der Waals surface area contributed by atoms with Crippen LogP contribution in [-0.4, -0.2) is 8.42 Å². The fraction of sp³-hybridized carbons (Fsp3) is 0.200. The Hall–Kier alpha value is -1.33. The summed E-state index contributed by atoms with van der Waals surface area (Å²) in [5.74, 6) is 0. The van der Waals surface area contributed by atoms with Crippen molar-refractivity contribution in [3.8, 4) is 0 Å². The number of hydrogen-bond donors (Lipinski definition) is 1. The van der Waals surface area contributed by atoms with Crippen LogP contribution in [0.2, 0.25) is 0 Å². The Morgan fingerprint density at radius 2 is 1.65 bits per heavy atom. The second-order valence-electron chi connectivity index (χ2n) is 4.90. The summed E-state index contributed by atoms with van der Waals surface area (Å²) < 4.78 is 28.2. The third-order valence-corrected chi connectivity index (χ3v) is 5.38. The maximum atomic E-state index is 12.4. The maximum absolute atomic E-state index is 12.4. The Bertz CT molecular complexity index is 739. The van der Waals surface area contributed by atoms with Crippen LogP contribution in [0.25, 0.3) is 0 Å². The van der Waals surface area contributed by atoms with Crippen LogP contribution in [0.1, 0.15) is 17.5 Å². The molecule has 2 aromatic carbocycles. The summed E-state index contributed by atoms with van der Waals surface area (Å²) in [7, 11) is -3.51. The first-order chi connectivity index (χ1) is 9.54. The van der Waals surface area contributed by atoms with Crippen molar-refractivity contribution in [2.24, 2.45) is 0 Å². The molecule has 0 aromatic heterocycles. The number of benzene rings is 2. The van der Waals surface area contributed by atoms with Gasteiger partial charge in [0.2, 0.25) is 0 Å². The Morgan fingerprint density at radius 1 is 0.950 bits per heavy atom. The molecule has 3 nitrogen and oxygen atoms in total. The fourth-order valence-corrected chi connectivity index (χ4v) is 3.82. The van der Waals surface area contributed by atoms with Crippen molar-refractivity contribution in [2.45, 2.75) is 24.2 Å². The second-order valence-corrected chi connectivity index (χ2v) is 7.49. The topological polar surface area (TPSA) is 46.2 Å². The van der Waals surface area contributed by atoms with Gasteiger partial charge in [-0.15, -0.1) is 0 Å². The van der Waals surface area contributed by atoms with Gasteiger partial charge in [-0.1, -0.05) is 22.0 Å². The average Bonchev–Trinajstić information content (AvgIpc) is 2.88. The van der Waals surface area contributed by atoms with E-state index in [1.807, 2.05) is 6.07 Å². The zero-order valence-corrected chi connectivity index (χ0v) is 13.2. The minimum absolute atomic E-state index is 0.334. The SMILES string of the molecule is O=S(=O)(Nc1ccc(Br)cc1)c1ccc2c(c1)CCC2. The Morgan fingerprint density at radius 3 is 2.40 bits per heavy atom. The van der Waals surface area contributed by atoms with Crippen LogP contribution in [0.3, 0.4) is 0 Å². The van der Waals surface area contributed by atoms with Crippen LogP contribution in [0, 0.1) is 0 Å². The van der Waals surface area contributed by atoms with Crippen molar-refractivity contribution in [3.05, 3.63) is 58.1 Å². The van der Waals surface area contributed by atoms with Crippen molar-refractivity contribution in [1.29, 1.82) is 0 Å². The van der Waals surface area contributed by atoms with Crippen molar-refractivity contribution in [3.63, 3.8) is 0 Å². The van der Waals surface area contributed by atoms with Gasteiger partial charge in [0.1, 0.15) is 0 Å². The summed E-state index contributed by atoms with van der Waals surface area (Å²) in [6.07, 6.45) is 3.13. The monoisotopic (exact) mass is 351 g/mol. The quantitative estimate of drug-likeness (QED) is 0.915. The molecular formula is C15H14BrNO2S. The highest BCUT2D eigenvalue weighted by atomic mass is 79.9. The molecule has 5 heteroatoms. The minimum Gasteiger partial charge on any atom is -0.280 e. The van der Waals surface area contributed by atoms with Crippen molar-refractivity contribution in [2.75, 3.05) is 4.72 Å². The molecule has 2 aromatic rings. The van der Waals surface area contributed by atoms with Gasteiger partial charge >= 0.3 is 0 Å². The first-order valence-corrected chi connectivity index (χ1v) is 8.72. The minimum atomic E-state index is -3.51. The summed E-state index contributed by atoms with van der Waals surface area (Å²) in [6, 6.07) is 12.5. The number of hydrogen-bond acceptors (Lipinski definition) is 2. The smallest absolute Gasteiger partial charge is 0.261 e. The van der Waals surface area contributed by atoms with Crippen LogP contribution in [-0.2, 0) is 22.9 Å². The van der Waals surface area contributed by atoms with E-state index in [1.54, 1.807) is 36.4 Å². The highest BCUT2D eigenvalue weighted by Gasteiger charge is 2.18. The Labute approximate surface area is 127 Å². The second kappa shape index (κ2) is 5.22. The van der Waals surface area contributed by atoms with E-state index in [1.165, 1.54) is 5.56 Å². The molecule has 1 aliphatic rings. The predicted molar refractivity (Wildman–Crippen MR) is 83.4 cm³/mol. The number of halogens is 1. The van der Waals surface area contributed by atoms with Gasteiger partial charge in [0.25, 0.3) is 10.0 Å². The average molecular weight is 352 g/mol. The van der Waals surface area contributed by atoms with Crippen LogP contribution in [0.4, 0.5) is 5.69 Å². The highest BCUT2D eigenvalue weighted by Crippen LogP contribution is 2.26. The lowest BCUT2D eigenvalue weighted by molar-refractivity contribution is 0.601. The summed E-state index contributed by atoms with van der Waals surface area (Å²) in [6.45, 7) is 0. The van der Waals surface area contributed by atoms with E-state index < -0.39 is 10.0 Å². The molecule has 0 saturated carbocycles. The zero-order valence-electron chi connectivity index (χ0n) is 10.8. The molecule has 1 aliphatic carbocycles. The van der Waals surface area contributed by atoms with Crippen LogP contribution in [0.15, 0.2) is 51.8 Å². The first kappa shape index (κ1) is 13.6. The van der Waals surface area contributed by atoms with E-state index in [-0.39, 0.29) is 0 Å². The molecule has 0 heterocycles. The fourth-order valence-electron chi connectivity index (χ4n) is 2.45. The van der Waals surface area contributed by atoms with Crippen LogP contribution >= 0.6 is 15.9 Å². The zero-order chi connectivity index (χ0) is 14.2. The van der Waals surface area contributed by atoms with E-state index in [0.29, 0.717) is 10.6 Å². The molecule has 0 saturated heterocycles. The van der Waals surface area contributed by atoms with Crippen molar-refractivity contribution < 1.29 is 8.42 Å². The predicted octanol–water partition coefficient (Wildman–Crippen LogP) is 3.74. The van der Waals surface area contributed by atoms with Gasteiger partial charge in [-0.3, -0.25) is 4.72 Å².